The van der Waals surface area contributed by atoms with Crippen LogP contribution in [0.1, 0.15) is 5.56 Å². The van der Waals surface area contributed by atoms with Crippen LogP contribution in [0.5, 0.6) is 0 Å². The highest BCUT2D eigenvalue weighted by Crippen LogP contribution is 2.18. The molecule has 0 aliphatic rings. The normalized spacial score (nSPS) is 9.18. The lowest BCUT2D eigenvalue weighted by Gasteiger charge is -2.04. The molecule has 0 radical (unpaired) electrons. The van der Waals surface area contributed by atoms with Gasteiger partial charge in [0.15, 0.2) is 0 Å². The fourth-order valence-electron chi connectivity index (χ4n) is 0.905. The first-order valence-electron chi connectivity index (χ1n) is 3.47. The van der Waals surface area contributed by atoms with Crippen LogP contribution < -0.4 is 11.1 Å². The Bertz CT molecular complexity index is 266. The quantitative estimate of drug-likeness (QED) is 0.630. The molecule has 11 heavy (non-hydrogen) atoms. The summed E-state index contributed by atoms with van der Waals surface area (Å²) in [7, 11) is 0. The molecule has 58 valence electrons. The molecule has 0 saturated heterocycles. The lowest BCUT2D eigenvalue weighted by atomic mass is 10.2. The van der Waals surface area contributed by atoms with Gasteiger partial charge in [-0.1, -0.05) is 12.6 Å². The van der Waals surface area contributed by atoms with Crippen LogP contribution in [0.4, 0.5) is 11.4 Å². The van der Waals surface area contributed by atoms with Crippen molar-refractivity contribution < 1.29 is 0 Å². The van der Waals surface area contributed by atoms with Crippen LogP contribution in [0, 0.1) is 6.92 Å². The van der Waals surface area contributed by atoms with Crippen LogP contribution in [0.15, 0.2) is 31.0 Å². The van der Waals surface area contributed by atoms with Gasteiger partial charge in [-0.05, 0) is 30.8 Å². The highest BCUT2D eigenvalue weighted by atomic mass is 14.9. The van der Waals surface area contributed by atoms with Crippen LogP contribution in [-0.2, 0) is 0 Å². The molecule has 0 aliphatic heterocycles. The molecule has 1 aromatic carbocycles. The number of nitrogens with two attached hydrogens (primary N) is 1. The first-order chi connectivity index (χ1) is 5.24. The predicted molar refractivity (Wildman–Crippen MR) is 49.4 cm³/mol. The van der Waals surface area contributed by atoms with Gasteiger partial charge in [0.25, 0.3) is 0 Å². The van der Waals surface area contributed by atoms with E-state index in [2.05, 4.69) is 11.9 Å². The third kappa shape index (κ3) is 1.74. The van der Waals surface area contributed by atoms with Crippen molar-refractivity contribution in [1.29, 1.82) is 0 Å². The summed E-state index contributed by atoms with van der Waals surface area (Å²) in [5.41, 5.74) is 8.51. The van der Waals surface area contributed by atoms with E-state index in [9.17, 15) is 0 Å². The SMILES string of the molecule is C=CNc1cc(C)ccc1N. The van der Waals surface area contributed by atoms with E-state index >= 15 is 0 Å². The van der Waals surface area contributed by atoms with E-state index < -0.39 is 0 Å². The van der Waals surface area contributed by atoms with Crippen LogP contribution in [0.25, 0.3) is 0 Å². The molecule has 1 rings (SSSR count). The van der Waals surface area contributed by atoms with E-state index in [4.69, 9.17) is 5.73 Å². The zero-order chi connectivity index (χ0) is 8.27. The fraction of sp³-hybridized carbons (Fsp3) is 0.111. The summed E-state index contributed by atoms with van der Waals surface area (Å²) in [4.78, 5) is 0. The van der Waals surface area contributed by atoms with Crippen LogP contribution in [-0.4, -0.2) is 0 Å². The molecule has 0 aliphatic carbocycles. The van der Waals surface area contributed by atoms with Crippen molar-refractivity contribution in [3.63, 3.8) is 0 Å². The number of nitrogen functional groups attached to an aromatic ring is 1. The maximum atomic E-state index is 5.67. The zero-order valence-electron chi connectivity index (χ0n) is 6.59. The van der Waals surface area contributed by atoms with Gasteiger partial charge in [0.2, 0.25) is 0 Å². The van der Waals surface area contributed by atoms with E-state index in [1.165, 1.54) is 5.56 Å². The van der Waals surface area contributed by atoms with Crippen LogP contribution >= 0.6 is 0 Å². The number of aryl methyl sites for hydroxylation is 1. The Morgan fingerprint density at radius 2 is 2.27 bits per heavy atom. The van der Waals surface area contributed by atoms with Crippen LogP contribution in [0.3, 0.4) is 0 Å². The summed E-state index contributed by atoms with van der Waals surface area (Å²) < 4.78 is 0. The molecule has 0 unspecified atom stereocenters. The van der Waals surface area contributed by atoms with E-state index in [1.807, 2.05) is 25.1 Å². The average Bonchev–Trinajstić information content (AvgIpc) is 1.98. The maximum absolute atomic E-state index is 5.67. The van der Waals surface area contributed by atoms with Gasteiger partial charge in [0.1, 0.15) is 0 Å². The van der Waals surface area contributed by atoms with Crippen molar-refractivity contribution in [1.82, 2.24) is 0 Å². The minimum Gasteiger partial charge on any atom is -0.397 e. The Labute approximate surface area is 66.7 Å². The standard InChI is InChI=1S/C9H12N2/c1-3-11-9-6-7(2)4-5-8(9)10/h3-6,11H,1,10H2,2H3. The number of hydrogen-bond acceptors (Lipinski definition) is 2. The first kappa shape index (κ1) is 7.66. The van der Waals surface area contributed by atoms with Crippen molar-refractivity contribution in [3.05, 3.63) is 36.5 Å². The number of hydrogen-bond donors (Lipinski definition) is 2. The molecular weight excluding hydrogens is 136 g/mol. The van der Waals surface area contributed by atoms with Gasteiger partial charge < -0.3 is 11.1 Å². The monoisotopic (exact) mass is 148 g/mol. The van der Waals surface area contributed by atoms with E-state index in [0.717, 1.165) is 11.4 Å². The zero-order valence-corrected chi connectivity index (χ0v) is 6.59. The number of benzene rings is 1. The van der Waals surface area contributed by atoms with Gasteiger partial charge in [-0.25, -0.2) is 0 Å². The van der Waals surface area contributed by atoms with Gasteiger partial charge in [0, 0.05) is 0 Å². The smallest absolute Gasteiger partial charge is 0.0615 e. The Hall–Kier alpha value is -1.44. The molecule has 3 N–H and O–H groups in total. The number of nitrogens with one attached hydrogen (secondary N) is 1. The van der Waals surface area contributed by atoms with Crippen LogP contribution in [0.2, 0.25) is 0 Å². The molecule has 0 fully saturated rings. The highest BCUT2D eigenvalue weighted by Gasteiger charge is 1.94. The van der Waals surface area contributed by atoms with Gasteiger partial charge in [-0.2, -0.15) is 0 Å². The fourth-order valence-corrected chi connectivity index (χ4v) is 0.905. The summed E-state index contributed by atoms with van der Waals surface area (Å²) in [6.07, 6.45) is 1.62. The largest absolute Gasteiger partial charge is 0.397 e. The third-order valence-electron chi connectivity index (χ3n) is 1.47. The summed E-state index contributed by atoms with van der Waals surface area (Å²) in [6, 6.07) is 5.84. The average molecular weight is 148 g/mol. The molecule has 0 atom stereocenters. The second-order valence-electron chi connectivity index (χ2n) is 2.44. The van der Waals surface area contributed by atoms with Crippen molar-refractivity contribution in [2.24, 2.45) is 0 Å². The van der Waals surface area contributed by atoms with E-state index in [1.54, 1.807) is 6.20 Å². The molecule has 0 bridgehead atoms. The summed E-state index contributed by atoms with van der Waals surface area (Å²) in [5.74, 6) is 0. The second-order valence-corrected chi connectivity index (χ2v) is 2.44. The second kappa shape index (κ2) is 3.10. The van der Waals surface area contributed by atoms with Gasteiger partial charge in [-0.3, -0.25) is 0 Å². The number of anilines is 2. The van der Waals surface area contributed by atoms with Crippen molar-refractivity contribution >= 4 is 11.4 Å². The molecule has 0 heterocycles. The van der Waals surface area contributed by atoms with Crippen molar-refractivity contribution in [2.45, 2.75) is 6.92 Å². The highest BCUT2D eigenvalue weighted by molar-refractivity contribution is 5.67. The Balaban J connectivity index is 3.01. The lowest BCUT2D eigenvalue weighted by molar-refractivity contribution is 1.45. The van der Waals surface area contributed by atoms with Gasteiger partial charge in [0.05, 0.1) is 11.4 Å². The molecule has 2 nitrogen and oxygen atoms in total. The number of rotatable bonds is 2. The summed E-state index contributed by atoms with van der Waals surface area (Å²) >= 11 is 0. The maximum Gasteiger partial charge on any atom is 0.0615 e. The topological polar surface area (TPSA) is 38.0 Å². The molecule has 0 amide bonds. The van der Waals surface area contributed by atoms with Gasteiger partial charge in [-0.15, -0.1) is 0 Å². The Morgan fingerprint density at radius 1 is 1.55 bits per heavy atom. The predicted octanol–water partition coefficient (Wildman–Crippen LogP) is 2.13. The summed E-state index contributed by atoms with van der Waals surface area (Å²) in [6.45, 7) is 5.58. The third-order valence-corrected chi connectivity index (χ3v) is 1.47. The molecule has 1 aromatic rings. The van der Waals surface area contributed by atoms with Gasteiger partial charge >= 0.3 is 0 Å². The minimum atomic E-state index is 0.746. The van der Waals surface area contributed by atoms with Crippen molar-refractivity contribution in [3.8, 4) is 0 Å². The van der Waals surface area contributed by atoms with Crippen molar-refractivity contribution in [2.75, 3.05) is 11.1 Å². The first-order valence-corrected chi connectivity index (χ1v) is 3.47. The Kier molecular flexibility index (Phi) is 2.16. The molecule has 0 aromatic heterocycles. The van der Waals surface area contributed by atoms with E-state index in [-0.39, 0.29) is 0 Å². The van der Waals surface area contributed by atoms with E-state index in [0.29, 0.717) is 0 Å². The Morgan fingerprint density at radius 3 is 2.91 bits per heavy atom. The minimum absolute atomic E-state index is 0.746. The summed E-state index contributed by atoms with van der Waals surface area (Å²) in [5, 5.41) is 2.96. The molecule has 0 saturated carbocycles. The lowest BCUT2D eigenvalue weighted by Crippen LogP contribution is -1.94. The molecule has 0 spiro atoms. The molecular formula is C9H12N2. The molecule has 2 heteroatoms.